The molecule has 1 unspecified atom stereocenters. The number of halogens is 3. The first-order valence-corrected chi connectivity index (χ1v) is 5.12. The number of carbonyl (C=O) groups is 1. The van der Waals surface area contributed by atoms with Gasteiger partial charge in [0.1, 0.15) is 0 Å². The van der Waals surface area contributed by atoms with Crippen molar-refractivity contribution in [3.8, 4) is 0 Å². The summed E-state index contributed by atoms with van der Waals surface area (Å²) in [6.07, 6.45) is 2.22. The first kappa shape index (κ1) is 12.8. The molecule has 1 rings (SSSR count). The molecule has 1 aliphatic carbocycles. The van der Waals surface area contributed by atoms with Crippen LogP contribution >= 0.6 is 0 Å². The second-order valence-electron chi connectivity index (χ2n) is 3.67. The fourth-order valence-electron chi connectivity index (χ4n) is 1.72. The highest BCUT2D eigenvalue weighted by molar-refractivity contribution is 5.82. The van der Waals surface area contributed by atoms with Gasteiger partial charge in [-0.05, 0) is 19.3 Å². The normalized spacial score (nSPS) is 20.6. The molecule has 0 aromatic rings. The van der Waals surface area contributed by atoms with Gasteiger partial charge in [0.15, 0.2) is 0 Å². The van der Waals surface area contributed by atoms with Gasteiger partial charge in [-0.3, -0.25) is 4.79 Å². The summed E-state index contributed by atoms with van der Waals surface area (Å²) in [6, 6.07) is -0.458. The highest BCUT2D eigenvalue weighted by Crippen LogP contribution is 2.24. The number of allylic oxidation sites excluding steroid dienone is 1. The Balaban J connectivity index is 2.81. The SMILES string of the molecule is C=CCN(C(=O)C(F)(F)F)C1C=CCCC1. The summed E-state index contributed by atoms with van der Waals surface area (Å²) in [4.78, 5) is 12.0. The standard InChI is InChI=1S/C11H14F3NO/c1-2-8-15(10(16)11(12,13)14)9-6-4-3-5-7-9/h2,4,6,9H,1,3,5,7-8H2. The fourth-order valence-corrected chi connectivity index (χ4v) is 1.72. The average Bonchev–Trinajstić information content (AvgIpc) is 2.25. The molecule has 0 aromatic carbocycles. The molecule has 0 aromatic heterocycles. The summed E-state index contributed by atoms with van der Waals surface area (Å²) in [5.41, 5.74) is 0. The van der Waals surface area contributed by atoms with Gasteiger partial charge in [0.2, 0.25) is 0 Å². The second-order valence-corrected chi connectivity index (χ2v) is 3.67. The van der Waals surface area contributed by atoms with E-state index < -0.39 is 18.1 Å². The van der Waals surface area contributed by atoms with Crippen LogP contribution in [0.2, 0.25) is 0 Å². The van der Waals surface area contributed by atoms with Crippen molar-refractivity contribution in [2.45, 2.75) is 31.5 Å². The number of alkyl halides is 3. The Bertz CT molecular complexity index is 296. The van der Waals surface area contributed by atoms with Crippen LogP contribution in [0.25, 0.3) is 0 Å². The molecular formula is C11H14F3NO. The van der Waals surface area contributed by atoms with Crippen LogP contribution in [0.5, 0.6) is 0 Å². The van der Waals surface area contributed by atoms with Crippen LogP contribution < -0.4 is 0 Å². The van der Waals surface area contributed by atoms with Crippen LogP contribution in [0, 0.1) is 0 Å². The maximum absolute atomic E-state index is 12.3. The Morgan fingerprint density at radius 1 is 1.56 bits per heavy atom. The third-order valence-electron chi connectivity index (χ3n) is 2.46. The van der Waals surface area contributed by atoms with Gasteiger partial charge < -0.3 is 4.90 Å². The number of amides is 1. The van der Waals surface area contributed by atoms with Crippen molar-refractivity contribution in [2.24, 2.45) is 0 Å². The van der Waals surface area contributed by atoms with Crippen LogP contribution in [0.3, 0.4) is 0 Å². The van der Waals surface area contributed by atoms with E-state index in [1.165, 1.54) is 6.08 Å². The molecule has 90 valence electrons. The molecule has 1 aliphatic rings. The van der Waals surface area contributed by atoms with Gasteiger partial charge >= 0.3 is 12.1 Å². The number of nitrogens with zero attached hydrogens (tertiary/aromatic N) is 1. The molecule has 0 saturated heterocycles. The Morgan fingerprint density at radius 3 is 2.69 bits per heavy atom. The Morgan fingerprint density at radius 2 is 2.25 bits per heavy atom. The Hall–Kier alpha value is -1.26. The molecular weight excluding hydrogens is 219 g/mol. The van der Waals surface area contributed by atoms with E-state index in [-0.39, 0.29) is 6.54 Å². The lowest BCUT2D eigenvalue weighted by molar-refractivity contribution is -0.186. The van der Waals surface area contributed by atoms with Crippen LogP contribution in [0.15, 0.2) is 24.8 Å². The number of hydrogen-bond acceptors (Lipinski definition) is 1. The summed E-state index contributed by atoms with van der Waals surface area (Å²) in [5.74, 6) is -1.79. The lowest BCUT2D eigenvalue weighted by Gasteiger charge is -2.31. The van der Waals surface area contributed by atoms with Gasteiger partial charge in [0, 0.05) is 6.54 Å². The van der Waals surface area contributed by atoms with E-state index in [4.69, 9.17) is 0 Å². The van der Waals surface area contributed by atoms with Gasteiger partial charge in [0.05, 0.1) is 6.04 Å². The minimum atomic E-state index is -4.81. The molecule has 0 aliphatic heterocycles. The molecule has 0 bridgehead atoms. The Labute approximate surface area is 92.4 Å². The van der Waals surface area contributed by atoms with E-state index in [9.17, 15) is 18.0 Å². The molecule has 5 heteroatoms. The summed E-state index contributed by atoms with van der Waals surface area (Å²) in [5, 5.41) is 0. The van der Waals surface area contributed by atoms with Gasteiger partial charge in [-0.25, -0.2) is 0 Å². The molecule has 2 nitrogen and oxygen atoms in total. The topological polar surface area (TPSA) is 20.3 Å². The third-order valence-corrected chi connectivity index (χ3v) is 2.46. The number of hydrogen-bond donors (Lipinski definition) is 0. The zero-order valence-electron chi connectivity index (χ0n) is 8.83. The zero-order valence-corrected chi connectivity index (χ0v) is 8.83. The van der Waals surface area contributed by atoms with Gasteiger partial charge in [-0.15, -0.1) is 6.58 Å². The minimum absolute atomic E-state index is 0.0760. The average molecular weight is 233 g/mol. The summed E-state index contributed by atoms with van der Waals surface area (Å²) >= 11 is 0. The van der Waals surface area contributed by atoms with Gasteiger partial charge in [0.25, 0.3) is 0 Å². The molecule has 0 fully saturated rings. The van der Waals surface area contributed by atoms with E-state index in [2.05, 4.69) is 6.58 Å². The molecule has 1 atom stereocenters. The van der Waals surface area contributed by atoms with E-state index >= 15 is 0 Å². The van der Waals surface area contributed by atoms with Crippen molar-refractivity contribution in [1.29, 1.82) is 0 Å². The molecule has 0 saturated carbocycles. The van der Waals surface area contributed by atoms with Crippen LogP contribution in [0.4, 0.5) is 13.2 Å². The van der Waals surface area contributed by atoms with Crippen molar-refractivity contribution in [3.63, 3.8) is 0 Å². The third kappa shape index (κ3) is 3.12. The van der Waals surface area contributed by atoms with Gasteiger partial charge in [-0.1, -0.05) is 18.2 Å². The molecule has 0 spiro atoms. The predicted octanol–water partition coefficient (Wildman–Crippen LogP) is 2.67. The van der Waals surface area contributed by atoms with E-state index in [0.29, 0.717) is 6.42 Å². The lowest BCUT2D eigenvalue weighted by Crippen LogP contribution is -2.46. The van der Waals surface area contributed by atoms with Gasteiger partial charge in [-0.2, -0.15) is 13.2 Å². The monoisotopic (exact) mass is 233 g/mol. The molecule has 1 amide bonds. The molecule has 16 heavy (non-hydrogen) atoms. The quantitative estimate of drug-likeness (QED) is 0.686. The first-order valence-electron chi connectivity index (χ1n) is 5.12. The highest BCUT2D eigenvalue weighted by atomic mass is 19.4. The summed E-state index contributed by atoms with van der Waals surface area (Å²) in [6.45, 7) is 3.30. The lowest BCUT2D eigenvalue weighted by atomic mass is 10.0. The minimum Gasteiger partial charge on any atom is -0.325 e. The van der Waals surface area contributed by atoms with Crippen molar-refractivity contribution >= 4 is 5.91 Å². The first-order chi connectivity index (χ1) is 7.46. The summed E-state index contributed by atoms with van der Waals surface area (Å²) in [7, 11) is 0. The highest BCUT2D eigenvalue weighted by Gasteiger charge is 2.43. The number of carbonyl (C=O) groups excluding carboxylic acids is 1. The van der Waals surface area contributed by atoms with E-state index in [0.717, 1.165) is 17.7 Å². The Kier molecular flexibility index (Phi) is 4.15. The van der Waals surface area contributed by atoms with Crippen LogP contribution in [0.1, 0.15) is 19.3 Å². The molecule has 0 radical (unpaired) electrons. The summed E-state index contributed by atoms with van der Waals surface area (Å²) < 4.78 is 37.0. The molecule has 0 heterocycles. The van der Waals surface area contributed by atoms with E-state index in [1.807, 2.05) is 6.08 Å². The predicted molar refractivity (Wildman–Crippen MR) is 54.7 cm³/mol. The fraction of sp³-hybridized carbons (Fsp3) is 0.545. The van der Waals surface area contributed by atoms with Crippen molar-refractivity contribution in [2.75, 3.05) is 6.54 Å². The molecule has 0 N–H and O–H groups in total. The maximum atomic E-state index is 12.3. The van der Waals surface area contributed by atoms with Crippen molar-refractivity contribution in [3.05, 3.63) is 24.8 Å². The maximum Gasteiger partial charge on any atom is 0.471 e. The number of rotatable bonds is 3. The van der Waals surface area contributed by atoms with Crippen molar-refractivity contribution in [1.82, 2.24) is 4.90 Å². The largest absolute Gasteiger partial charge is 0.471 e. The van der Waals surface area contributed by atoms with E-state index in [1.54, 1.807) is 6.08 Å². The van der Waals surface area contributed by atoms with Crippen molar-refractivity contribution < 1.29 is 18.0 Å². The zero-order chi connectivity index (χ0) is 12.2. The van der Waals surface area contributed by atoms with Crippen LogP contribution in [-0.4, -0.2) is 29.6 Å². The van der Waals surface area contributed by atoms with Crippen LogP contribution in [-0.2, 0) is 4.79 Å². The smallest absolute Gasteiger partial charge is 0.325 e. The second kappa shape index (κ2) is 5.18.